The van der Waals surface area contributed by atoms with Crippen molar-refractivity contribution in [2.24, 2.45) is 0 Å². The Morgan fingerprint density at radius 2 is 1.90 bits per heavy atom. The van der Waals surface area contributed by atoms with Crippen LogP contribution in [0.1, 0.15) is 54.5 Å². The molecule has 0 radical (unpaired) electrons. The summed E-state index contributed by atoms with van der Waals surface area (Å²) in [6.07, 6.45) is 3.03. The summed E-state index contributed by atoms with van der Waals surface area (Å²) >= 11 is 0. The van der Waals surface area contributed by atoms with E-state index in [-0.39, 0.29) is 18.6 Å². The van der Waals surface area contributed by atoms with E-state index >= 15 is 0 Å². The molecule has 1 aliphatic heterocycles. The highest BCUT2D eigenvalue weighted by Crippen LogP contribution is 2.44. The van der Waals surface area contributed by atoms with Crippen molar-refractivity contribution in [3.8, 4) is 11.3 Å². The molecule has 0 bridgehead atoms. The normalized spacial score (nSPS) is 18.2. The van der Waals surface area contributed by atoms with E-state index in [0.717, 1.165) is 22.2 Å². The topological polar surface area (TPSA) is 24.1 Å². The van der Waals surface area contributed by atoms with E-state index in [0.29, 0.717) is 12.8 Å². The molecule has 0 fully saturated rings. The number of nitrogens with zero attached hydrogens (tertiary/aromatic N) is 1. The Hall–Kier alpha value is -2.52. The number of hydrogen-bond donors (Lipinski definition) is 1. The molecule has 2 heterocycles. The second-order valence-corrected chi connectivity index (χ2v) is 9.23. The van der Waals surface area contributed by atoms with Gasteiger partial charge < -0.3 is 5.11 Å². The second-order valence-electron chi connectivity index (χ2n) is 9.23. The zero-order valence-electron chi connectivity index (χ0n) is 18.4. The van der Waals surface area contributed by atoms with E-state index in [2.05, 4.69) is 55.3 Å². The second kappa shape index (κ2) is 7.63. The number of allylic oxidation sites excluding steroid dienone is 1. The van der Waals surface area contributed by atoms with E-state index < -0.39 is 5.67 Å². The molecule has 2 nitrogen and oxygen atoms in total. The van der Waals surface area contributed by atoms with Crippen molar-refractivity contribution in [1.29, 1.82) is 0 Å². The molecule has 3 heteroatoms. The van der Waals surface area contributed by atoms with Crippen LogP contribution in [0.4, 0.5) is 4.39 Å². The molecule has 0 spiro atoms. The Morgan fingerprint density at radius 3 is 2.57 bits per heavy atom. The molecule has 4 rings (SSSR count). The third-order valence-electron chi connectivity index (χ3n) is 6.26. The van der Waals surface area contributed by atoms with Crippen LogP contribution in [0.2, 0.25) is 0 Å². The van der Waals surface area contributed by atoms with Crippen LogP contribution in [0.5, 0.6) is 0 Å². The van der Waals surface area contributed by atoms with Gasteiger partial charge in [0.15, 0.2) is 6.04 Å². The molecule has 2 atom stereocenters. The third-order valence-corrected chi connectivity index (χ3v) is 6.26. The van der Waals surface area contributed by atoms with Gasteiger partial charge in [-0.2, -0.15) is 4.57 Å². The van der Waals surface area contributed by atoms with Gasteiger partial charge in [0, 0.05) is 30.5 Å². The molecule has 3 aromatic rings. The van der Waals surface area contributed by atoms with Gasteiger partial charge in [0.2, 0.25) is 11.2 Å². The monoisotopic (exact) mass is 404 g/mol. The first-order valence-corrected chi connectivity index (χ1v) is 10.7. The van der Waals surface area contributed by atoms with Gasteiger partial charge in [-0.05, 0) is 69.0 Å². The Balaban J connectivity index is 2.13. The van der Waals surface area contributed by atoms with Gasteiger partial charge in [0.25, 0.3) is 0 Å². The van der Waals surface area contributed by atoms with Crippen LogP contribution >= 0.6 is 0 Å². The zero-order chi connectivity index (χ0) is 21.6. The summed E-state index contributed by atoms with van der Waals surface area (Å²) in [5.74, 6) is 0.146. The predicted octanol–water partition coefficient (Wildman–Crippen LogP) is 5.91. The number of aryl methyl sites for hydroxylation is 2. The van der Waals surface area contributed by atoms with E-state index in [9.17, 15) is 9.50 Å². The number of benzene rings is 2. The molecule has 1 aliphatic rings. The number of alkyl halides is 1. The summed E-state index contributed by atoms with van der Waals surface area (Å²) in [4.78, 5) is 0. The number of rotatable bonds is 5. The fourth-order valence-corrected chi connectivity index (χ4v) is 5.28. The fraction of sp³-hybridized carbons (Fsp3) is 0.370. The quantitative estimate of drug-likeness (QED) is 0.415. The number of halogens is 1. The largest absolute Gasteiger partial charge is 0.396 e. The molecule has 0 saturated carbocycles. The van der Waals surface area contributed by atoms with Gasteiger partial charge in [-0.3, -0.25) is 0 Å². The lowest BCUT2D eigenvalue weighted by atomic mass is 9.77. The average molecular weight is 405 g/mol. The van der Waals surface area contributed by atoms with Crippen LogP contribution in [0.15, 0.2) is 55.1 Å². The van der Waals surface area contributed by atoms with Crippen LogP contribution < -0.4 is 4.57 Å². The van der Waals surface area contributed by atoms with Crippen LogP contribution in [0.3, 0.4) is 0 Å². The molecule has 30 heavy (non-hydrogen) atoms. The van der Waals surface area contributed by atoms with Crippen molar-refractivity contribution >= 4 is 10.9 Å². The Labute approximate surface area is 178 Å². The maximum absolute atomic E-state index is 14.7. The van der Waals surface area contributed by atoms with Crippen molar-refractivity contribution in [1.82, 2.24) is 0 Å². The van der Waals surface area contributed by atoms with E-state index in [1.54, 1.807) is 13.8 Å². The van der Waals surface area contributed by atoms with Crippen molar-refractivity contribution in [3.05, 3.63) is 77.4 Å². The highest BCUT2D eigenvalue weighted by Gasteiger charge is 2.41. The molecular formula is C27H31FNO+. The minimum absolute atomic E-state index is 0.0263. The maximum Gasteiger partial charge on any atom is 0.214 e. The first-order chi connectivity index (χ1) is 14.2. The Kier molecular flexibility index (Phi) is 5.27. The molecule has 0 amide bonds. The minimum atomic E-state index is -1.29. The minimum Gasteiger partial charge on any atom is -0.396 e. The van der Waals surface area contributed by atoms with Crippen molar-refractivity contribution < 1.29 is 14.1 Å². The average Bonchev–Trinajstić information content (AvgIpc) is 2.67. The summed E-state index contributed by atoms with van der Waals surface area (Å²) in [7, 11) is 0. The van der Waals surface area contributed by atoms with Crippen LogP contribution in [-0.2, 0) is 6.42 Å². The molecule has 2 unspecified atom stereocenters. The number of hydrogen-bond acceptors (Lipinski definition) is 1. The highest BCUT2D eigenvalue weighted by molar-refractivity contribution is 5.83. The van der Waals surface area contributed by atoms with Crippen molar-refractivity contribution in [2.75, 3.05) is 6.61 Å². The van der Waals surface area contributed by atoms with Crippen molar-refractivity contribution in [3.63, 3.8) is 0 Å². The SMILES string of the molecule is C=CC1C(CCO)c2c(C)cc(C)cc2-c2cc(CC(C)(C)F)c3ccccc3[n+]21. The molecule has 0 aliphatic carbocycles. The van der Waals surface area contributed by atoms with E-state index in [1.165, 1.54) is 22.3 Å². The number of pyridine rings is 1. The lowest BCUT2D eigenvalue weighted by Crippen LogP contribution is -2.48. The standard InChI is InChI=1S/C27H31FNO/c1-6-23-21(11-12-30)26-18(3)13-17(2)14-22(26)25-15-19(16-27(4,5)28)20-9-7-8-10-24(20)29(23)25/h6-10,13-15,21,23,30H,1,11-12,16H2,2-5H3/q+1. The molecule has 1 aromatic heterocycles. The lowest BCUT2D eigenvalue weighted by molar-refractivity contribution is -0.682. The summed E-state index contributed by atoms with van der Waals surface area (Å²) < 4.78 is 17.1. The van der Waals surface area contributed by atoms with Gasteiger partial charge in [-0.15, -0.1) is 0 Å². The van der Waals surface area contributed by atoms with Crippen molar-refractivity contribution in [2.45, 2.75) is 58.2 Å². The number of aliphatic hydroxyl groups excluding tert-OH is 1. The number of aliphatic hydroxyl groups is 1. The van der Waals surface area contributed by atoms with Gasteiger partial charge in [0.1, 0.15) is 5.67 Å². The molecule has 0 saturated heterocycles. The predicted molar refractivity (Wildman–Crippen MR) is 122 cm³/mol. The van der Waals surface area contributed by atoms with Crippen LogP contribution in [0, 0.1) is 13.8 Å². The van der Waals surface area contributed by atoms with Crippen LogP contribution in [0.25, 0.3) is 22.2 Å². The molecule has 1 N–H and O–H groups in total. The van der Waals surface area contributed by atoms with Gasteiger partial charge >= 0.3 is 0 Å². The fourth-order valence-electron chi connectivity index (χ4n) is 5.28. The summed E-state index contributed by atoms with van der Waals surface area (Å²) in [5.41, 5.74) is 6.84. The maximum atomic E-state index is 14.7. The lowest BCUT2D eigenvalue weighted by Gasteiger charge is -2.31. The molecular weight excluding hydrogens is 373 g/mol. The molecule has 156 valence electrons. The Bertz CT molecular complexity index is 1130. The van der Waals surface area contributed by atoms with Gasteiger partial charge in [-0.1, -0.05) is 30.3 Å². The summed E-state index contributed by atoms with van der Waals surface area (Å²) in [6.45, 7) is 11.8. The van der Waals surface area contributed by atoms with Gasteiger partial charge in [0.05, 0.1) is 11.5 Å². The van der Waals surface area contributed by atoms with Crippen LogP contribution in [-0.4, -0.2) is 17.4 Å². The zero-order valence-corrected chi connectivity index (χ0v) is 18.4. The smallest absolute Gasteiger partial charge is 0.214 e. The number of para-hydroxylation sites is 1. The molecule has 2 aromatic carbocycles. The number of aromatic nitrogens is 1. The summed E-state index contributed by atoms with van der Waals surface area (Å²) in [5, 5.41) is 10.9. The Morgan fingerprint density at radius 1 is 1.17 bits per heavy atom. The first kappa shape index (κ1) is 20.7. The third kappa shape index (κ3) is 3.45. The van der Waals surface area contributed by atoms with E-state index in [1.807, 2.05) is 18.2 Å². The summed E-state index contributed by atoms with van der Waals surface area (Å²) in [6, 6.07) is 14.9. The number of fused-ring (bicyclic) bond motifs is 5. The van der Waals surface area contributed by atoms with Gasteiger partial charge in [-0.25, -0.2) is 4.39 Å². The first-order valence-electron chi connectivity index (χ1n) is 10.7. The van der Waals surface area contributed by atoms with E-state index in [4.69, 9.17) is 0 Å². The highest BCUT2D eigenvalue weighted by atomic mass is 19.1.